The minimum atomic E-state index is -0.0816. The lowest BCUT2D eigenvalue weighted by Crippen LogP contribution is -2.27. The van der Waals surface area contributed by atoms with Crippen LogP contribution in [-0.4, -0.2) is 27.8 Å². The molecule has 6 heteroatoms. The van der Waals surface area contributed by atoms with Gasteiger partial charge in [0.1, 0.15) is 5.82 Å². The number of rotatable bonds is 3. The average Bonchev–Trinajstić information content (AvgIpc) is 2.85. The van der Waals surface area contributed by atoms with Crippen molar-refractivity contribution >= 4 is 27.5 Å². The number of nitrogens with two attached hydrogens (primary N) is 1. The molecule has 2 rings (SSSR count). The predicted octanol–water partition coefficient (Wildman–Crippen LogP) is 2.34. The monoisotopic (exact) mass is 322 g/mol. The molecule has 5 nitrogen and oxygen atoms in total. The van der Waals surface area contributed by atoms with E-state index in [-0.39, 0.29) is 5.91 Å². The number of benzene rings is 1. The lowest BCUT2D eigenvalue weighted by atomic mass is 10.1. The molecule has 0 aliphatic carbocycles. The summed E-state index contributed by atoms with van der Waals surface area (Å²) in [6, 6.07) is 3.57. The molecule has 1 aromatic carbocycles. The smallest absolute Gasteiger partial charge is 0.254 e. The first kappa shape index (κ1) is 13.6. The fourth-order valence-electron chi connectivity index (χ4n) is 1.81. The van der Waals surface area contributed by atoms with E-state index in [9.17, 15) is 4.79 Å². The summed E-state index contributed by atoms with van der Waals surface area (Å²) in [5.41, 5.74) is 7.87. The second-order valence-corrected chi connectivity index (χ2v) is 5.28. The summed E-state index contributed by atoms with van der Waals surface area (Å²) in [7, 11) is 1.74. The summed E-state index contributed by atoms with van der Waals surface area (Å²) in [5, 5.41) is 0. The number of H-pyrrole nitrogens is 1. The van der Waals surface area contributed by atoms with E-state index >= 15 is 0 Å². The summed E-state index contributed by atoms with van der Waals surface area (Å²) in [6.45, 7) is 2.27. The molecule has 1 aromatic heterocycles. The highest BCUT2D eigenvalue weighted by Gasteiger charge is 2.17. The molecule has 100 valence electrons. The van der Waals surface area contributed by atoms with E-state index in [1.165, 1.54) is 0 Å². The van der Waals surface area contributed by atoms with Crippen molar-refractivity contribution in [2.24, 2.45) is 0 Å². The minimum absolute atomic E-state index is 0.0816. The van der Waals surface area contributed by atoms with E-state index in [2.05, 4.69) is 25.9 Å². The zero-order valence-corrected chi connectivity index (χ0v) is 12.4. The second-order valence-electron chi connectivity index (χ2n) is 4.36. The van der Waals surface area contributed by atoms with Crippen LogP contribution in [0.15, 0.2) is 29.0 Å². The zero-order chi connectivity index (χ0) is 14.0. The zero-order valence-electron chi connectivity index (χ0n) is 10.8. The molecule has 0 aliphatic heterocycles. The quantitative estimate of drug-likeness (QED) is 0.851. The molecule has 0 saturated carbocycles. The van der Waals surface area contributed by atoms with E-state index < -0.39 is 0 Å². The van der Waals surface area contributed by atoms with E-state index in [0.29, 0.717) is 17.8 Å². The molecule has 0 spiro atoms. The van der Waals surface area contributed by atoms with Crippen molar-refractivity contribution in [1.29, 1.82) is 0 Å². The van der Waals surface area contributed by atoms with Crippen molar-refractivity contribution in [3.8, 4) is 0 Å². The number of hydrogen-bond donors (Lipinski definition) is 2. The van der Waals surface area contributed by atoms with E-state index in [4.69, 9.17) is 5.73 Å². The largest absolute Gasteiger partial charge is 0.398 e. The van der Waals surface area contributed by atoms with Gasteiger partial charge in [0, 0.05) is 35.2 Å². The van der Waals surface area contributed by atoms with Crippen LogP contribution in [0.25, 0.3) is 0 Å². The van der Waals surface area contributed by atoms with Crippen LogP contribution in [-0.2, 0) is 6.54 Å². The number of aromatic amines is 1. The Balaban J connectivity index is 2.24. The lowest BCUT2D eigenvalue weighted by molar-refractivity contribution is 0.0781. The Kier molecular flexibility index (Phi) is 3.90. The SMILES string of the molecule is Cc1c(N)cc(Br)cc1C(=O)N(C)Cc1ncc[nH]1. The second kappa shape index (κ2) is 5.44. The van der Waals surface area contributed by atoms with Crippen LogP contribution in [0.3, 0.4) is 0 Å². The maximum absolute atomic E-state index is 12.4. The Morgan fingerprint density at radius 1 is 1.53 bits per heavy atom. The van der Waals surface area contributed by atoms with Gasteiger partial charge < -0.3 is 15.6 Å². The molecular weight excluding hydrogens is 308 g/mol. The number of amides is 1. The number of hydrogen-bond acceptors (Lipinski definition) is 3. The van der Waals surface area contributed by atoms with Crippen LogP contribution in [0.5, 0.6) is 0 Å². The number of imidazole rings is 1. The third-order valence-corrected chi connectivity index (χ3v) is 3.39. The molecule has 2 aromatic rings. The first-order valence-electron chi connectivity index (χ1n) is 5.78. The summed E-state index contributed by atoms with van der Waals surface area (Å²) >= 11 is 3.36. The summed E-state index contributed by atoms with van der Waals surface area (Å²) in [4.78, 5) is 21.1. The van der Waals surface area contributed by atoms with Gasteiger partial charge in [-0.2, -0.15) is 0 Å². The highest BCUT2D eigenvalue weighted by atomic mass is 79.9. The number of aromatic nitrogens is 2. The van der Waals surface area contributed by atoms with Crippen LogP contribution in [0.2, 0.25) is 0 Å². The molecule has 0 atom stereocenters. The Hall–Kier alpha value is -1.82. The predicted molar refractivity (Wildman–Crippen MR) is 77.7 cm³/mol. The number of anilines is 1. The number of carbonyl (C=O) groups excluding carboxylic acids is 1. The van der Waals surface area contributed by atoms with Crippen LogP contribution in [0.1, 0.15) is 21.7 Å². The Morgan fingerprint density at radius 3 is 2.89 bits per heavy atom. The van der Waals surface area contributed by atoms with Gasteiger partial charge >= 0.3 is 0 Å². The van der Waals surface area contributed by atoms with E-state index in [1.54, 1.807) is 36.5 Å². The van der Waals surface area contributed by atoms with Crippen molar-refractivity contribution in [2.45, 2.75) is 13.5 Å². The summed E-state index contributed by atoms with van der Waals surface area (Å²) in [6.07, 6.45) is 3.39. The summed E-state index contributed by atoms with van der Waals surface area (Å²) < 4.78 is 0.797. The molecule has 0 saturated heterocycles. The van der Waals surface area contributed by atoms with Gasteiger partial charge in [-0.15, -0.1) is 0 Å². The molecule has 19 heavy (non-hydrogen) atoms. The summed E-state index contributed by atoms with van der Waals surface area (Å²) in [5.74, 6) is 0.665. The van der Waals surface area contributed by atoms with Crippen molar-refractivity contribution < 1.29 is 4.79 Å². The molecule has 0 bridgehead atoms. The average molecular weight is 323 g/mol. The van der Waals surface area contributed by atoms with Gasteiger partial charge in [0.15, 0.2) is 0 Å². The lowest BCUT2D eigenvalue weighted by Gasteiger charge is -2.18. The third kappa shape index (κ3) is 2.96. The highest BCUT2D eigenvalue weighted by Crippen LogP contribution is 2.23. The fourth-order valence-corrected chi connectivity index (χ4v) is 2.28. The van der Waals surface area contributed by atoms with Crippen molar-refractivity contribution in [1.82, 2.24) is 14.9 Å². The number of halogens is 1. The van der Waals surface area contributed by atoms with Crippen LogP contribution in [0, 0.1) is 6.92 Å². The highest BCUT2D eigenvalue weighted by molar-refractivity contribution is 9.10. The maximum Gasteiger partial charge on any atom is 0.254 e. The number of carbonyl (C=O) groups is 1. The van der Waals surface area contributed by atoms with E-state index in [1.807, 2.05) is 6.92 Å². The van der Waals surface area contributed by atoms with Gasteiger partial charge in [0.25, 0.3) is 5.91 Å². The molecule has 1 amide bonds. The van der Waals surface area contributed by atoms with Crippen LogP contribution >= 0.6 is 15.9 Å². The number of nitrogens with one attached hydrogen (secondary N) is 1. The molecule has 0 radical (unpaired) electrons. The molecule has 3 N–H and O–H groups in total. The van der Waals surface area contributed by atoms with Crippen molar-refractivity contribution in [2.75, 3.05) is 12.8 Å². The Morgan fingerprint density at radius 2 is 2.26 bits per heavy atom. The van der Waals surface area contributed by atoms with Gasteiger partial charge in [0.2, 0.25) is 0 Å². The van der Waals surface area contributed by atoms with Gasteiger partial charge in [-0.3, -0.25) is 4.79 Å². The number of nitrogens with zero attached hydrogens (tertiary/aromatic N) is 2. The Labute approximate surface area is 120 Å². The molecular formula is C13H15BrN4O. The normalized spacial score (nSPS) is 10.5. The standard InChI is InChI=1S/C13H15BrN4O/c1-8-10(5-9(14)6-11(8)15)13(19)18(2)7-12-16-3-4-17-12/h3-6H,7,15H2,1-2H3,(H,16,17). The van der Waals surface area contributed by atoms with Crippen molar-refractivity contribution in [3.05, 3.63) is 46.0 Å². The number of nitrogen functional groups attached to an aromatic ring is 1. The third-order valence-electron chi connectivity index (χ3n) is 2.93. The minimum Gasteiger partial charge on any atom is -0.398 e. The first-order chi connectivity index (χ1) is 8.99. The van der Waals surface area contributed by atoms with Gasteiger partial charge in [-0.1, -0.05) is 15.9 Å². The van der Waals surface area contributed by atoms with E-state index in [0.717, 1.165) is 15.9 Å². The van der Waals surface area contributed by atoms with Gasteiger partial charge in [0.05, 0.1) is 6.54 Å². The molecule has 0 fully saturated rings. The molecule has 0 unspecified atom stereocenters. The van der Waals surface area contributed by atoms with Gasteiger partial charge in [-0.25, -0.2) is 4.98 Å². The molecule has 1 heterocycles. The van der Waals surface area contributed by atoms with Gasteiger partial charge in [-0.05, 0) is 24.6 Å². The topological polar surface area (TPSA) is 75.0 Å². The molecule has 0 aliphatic rings. The van der Waals surface area contributed by atoms with Crippen molar-refractivity contribution in [3.63, 3.8) is 0 Å². The van der Waals surface area contributed by atoms with Crippen LogP contribution < -0.4 is 5.73 Å². The first-order valence-corrected chi connectivity index (χ1v) is 6.57. The Bertz CT molecular complexity index is 595. The van der Waals surface area contributed by atoms with Crippen LogP contribution in [0.4, 0.5) is 5.69 Å². The maximum atomic E-state index is 12.4. The fraction of sp³-hybridized carbons (Fsp3) is 0.231.